The zero-order valence-corrected chi connectivity index (χ0v) is 11.2. The zero-order chi connectivity index (χ0) is 12.1. The Morgan fingerprint density at radius 1 is 1.50 bits per heavy atom. The van der Waals surface area contributed by atoms with Gasteiger partial charge in [0.2, 0.25) is 0 Å². The van der Waals surface area contributed by atoms with Gasteiger partial charge in [-0.2, -0.15) is 0 Å². The van der Waals surface area contributed by atoms with Crippen LogP contribution in [-0.2, 0) is 0 Å². The van der Waals surface area contributed by atoms with Gasteiger partial charge in [-0.15, -0.1) is 0 Å². The number of hydrogen-bond acceptors (Lipinski definition) is 2. The molecular weight excluding hydrogens is 200 g/mol. The van der Waals surface area contributed by atoms with Gasteiger partial charge in [0.1, 0.15) is 0 Å². The lowest BCUT2D eigenvalue weighted by molar-refractivity contribution is 0.278. The van der Waals surface area contributed by atoms with Gasteiger partial charge in [0, 0.05) is 32.2 Å². The Labute approximate surface area is 99.5 Å². The van der Waals surface area contributed by atoms with E-state index in [0.717, 1.165) is 25.0 Å². The average molecular weight is 226 g/mol. The molecule has 0 aliphatic heterocycles. The summed E-state index contributed by atoms with van der Waals surface area (Å²) >= 11 is 0. The lowest BCUT2D eigenvalue weighted by Gasteiger charge is -2.21. The Bertz CT molecular complexity index is 237. The Balaban J connectivity index is 2.14. The second-order valence-electron chi connectivity index (χ2n) is 5.04. The first-order valence-corrected chi connectivity index (χ1v) is 6.22. The highest BCUT2D eigenvalue weighted by Crippen LogP contribution is 2.28. The monoisotopic (exact) mass is 226 g/mol. The van der Waals surface area contributed by atoms with Crippen LogP contribution in [0.25, 0.3) is 0 Å². The molecule has 0 aromatic heterocycles. The standard InChI is InChI=1S/C12H26N4/c1-9(2)16(5)7-6-14-12(13-4)15-11-8-10(11)3/h9-11H,6-8H2,1-5H3,(H2,13,14,15). The fourth-order valence-corrected chi connectivity index (χ4v) is 1.50. The molecule has 4 nitrogen and oxygen atoms in total. The van der Waals surface area contributed by atoms with Gasteiger partial charge in [0.05, 0.1) is 0 Å². The van der Waals surface area contributed by atoms with E-state index in [0.29, 0.717) is 12.1 Å². The number of aliphatic imine (C=N–C) groups is 1. The van der Waals surface area contributed by atoms with Crippen molar-refractivity contribution in [2.24, 2.45) is 10.9 Å². The average Bonchev–Trinajstić information content (AvgIpc) is 2.92. The molecular formula is C12H26N4. The predicted molar refractivity (Wildman–Crippen MR) is 69.8 cm³/mol. The van der Waals surface area contributed by atoms with Crippen LogP contribution < -0.4 is 10.6 Å². The molecule has 0 amide bonds. The maximum absolute atomic E-state index is 4.22. The van der Waals surface area contributed by atoms with Gasteiger partial charge in [-0.3, -0.25) is 4.99 Å². The van der Waals surface area contributed by atoms with Crippen molar-refractivity contribution >= 4 is 5.96 Å². The highest BCUT2D eigenvalue weighted by Gasteiger charge is 2.33. The first kappa shape index (κ1) is 13.3. The summed E-state index contributed by atoms with van der Waals surface area (Å²) < 4.78 is 0. The summed E-state index contributed by atoms with van der Waals surface area (Å²) in [4.78, 5) is 6.54. The summed E-state index contributed by atoms with van der Waals surface area (Å²) in [5, 5.41) is 6.76. The Hall–Kier alpha value is -0.770. The van der Waals surface area contributed by atoms with Crippen LogP contribution in [-0.4, -0.2) is 50.1 Å². The van der Waals surface area contributed by atoms with E-state index in [1.54, 1.807) is 0 Å². The molecule has 1 aliphatic rings. The van der Waals surface area contributed by atoms with Gasteiger partial charge in [-0.05, 0) is 33.2 Å². The van der Waals surface area contributed by atoms with Crippen molar-refractivity contribution in [1.82, 2.24) is 15.5 Å². The minimum Gasteiger partial charge on any atom is -0.355 e. The number of nitrogens with zero attached hydrogens (tertiary/aromatic N) is 2. The minimum atomic E-state index is 0.597. The fourth-order valence-electron chi connectivity index (χ4n) is 1.50. The van der Waals surface area contributed by atoms with Crippen molar-refractivity contribution in [3.63, 3.8) is 0 Å². The van der Waals surface area contributed by atoms with Crippen molar-refractivity contribution in [2.75, 3.05) is 27.2 Å². The molecule has 1 fully saturated rings. The first-order chi connectivity index (χ1) is 7.54. The third-order valence-corrected chi connectivity index (χ3v) is 3.29. The smallest absolute Gasteiger partial charge is 0.191 e. The van der Waals surface area contributed by atoms with Crippen LogP contribution in [0, 0.1) is 5.92 Å². The van der Waals surface area contributed by atoms with E-state index in [9.17, 15) is 0 Å². The molecule has 1 aliphatic carbocycles. The van der Waals surface area contributed by atoms with Gasteiger partial charge in [-0.25, -0.2) is 0 Å². The number of hydrogen-bond donors (Lipinski definition) is 2. The third kappa shape index (κ3) is 4.39. The summed E-state index contributed by atoms with van der Waals surface area (Å²) in [7, 11) is 3.97. The molecule has 16 heavy (non-hydrogen) atoms. The fraction of sp³-hybridized carbons (Fsp3) is 0.917. The number of nitrogens with one attached hydrogen (secondary N) is 2. The summed E-state index contributed by atoms with van der Waals surface area (Å²) in [5.74, 6) is 1.74. The zero-order valence-electron chi connectivity index (χ0n) is 11.2. The van der Waals surface area contributed by atoms with Crippen molar-refractivity contribution in [2.45, 2.75) is 39.3 Å². The van der Waals surface area contributed by atoms with Gasteiger partial charge in [-0.1, -0.05) is 6.92 Å². The minimum absolute atomic E-state index is 0.597. The van der Waals surface area contributed by atoms with E-state index in [4.69, 9.17) is 0 Å². The molecule has 0 aromatic rings. The molecule has 1 rings (SSSR count). The van der Waals surface area contributed by atoms with E-state index in [2.05, 4.69) is 48.3 Å². The molecule has 0 radical (unpaired) electrons. The molecule has 0 heterocycles. The number of likely N-dealkylation sites (N-methyl/N-ethyl adjacent to an activating group) is 1. The molecule has 94 valence electrons. The van der Waals surface area contributed by atoms with Crippen LogP contribution >= 0.6 is 0 Å². The van der Waals surface area contributed by atoms with Crippen molar-refractivity contribution in [3.8, 4) is 0 Å². The maximum atomic E-state index is 4.22. The molecule has 0 aromatic carbocycles. The summed E-state index contributed by atoms with van der Waals surface area (Å²) in [6.45, 7) is 8.66. The highest BCUT2D eigenvalue weighted by atomic mass is 15.2. The second-order valence-corrected chi connectivity index (χ2v) is 5.04. The lowest BCUT2D eigenvalue weighted by atomic mass is 10.3. The molecule has 0 bridgehead atoms. The van der Waals surface area contributed by atoms with Gasteiger partial charge < -0.3 is 15.5 Å². The van der Waals surface area contributed by atoms with Gasteiger partial charge >= 0.3 is 0 Å². The quantitative estimate of drug-likeness (QED) is 0.540. The Kier molecular flexibility index (Phi) is 5.06. The van der Waals surface area contributed by atoms with Crippen LogP contribution in [0.4, 0.5) is 0 Å². The summed E-state index contributed by atoms with van der Waals surface area (Å²) in [5.41, 5.74) is 0. The van der Waals surface area contributed by atoms with Crippen LogP contribution in [0.2, 0.25) is 0 Å². The third-order valence-electron chi connectivity index (χ3n) is 3.29. The normalized spacial score (nSPS) is 25.1. The lowest BCUT2D eigenvalue weighted by Crippen LogP contribution is -2.43. The number of guanidine groups is 1. The van der Waals surface area contributed by atoms with Gasteiger partial charge in [0.25, 0.3) is 0 Å². The molecule has 2 N–H and O–H groups in total. The molecule has 2 unspecified atom stereocenters. The van der Waals surface area contributed by atoms with Crippen molar-refractivity contribution in [1.29, 1.82) is 0 Å². The largest absolute Gasteiger partial charge is 0.355 e. The van der Waals surface area contributed by atoms with E-state index in [1.807, 2.05) is 7.05 Å². The van der Waals surface area contributed by atoms with E-state index in [1.165, 1.54) is 6.42 Å². The molecule has 0 spiro atoms. The summed E-state index contributed by atoms with van der Waals surface area (Å²) in [6, 6.07) is 1.23. The van der Waals surface area contributed by atoms with E-state index < -0.39 is 0 Å². The van der Waals surface area contributed by atoms with Crippen LogP contribution in [0.15, 0.2) is 4.99 Å². The van der Waals surface area contributed by atoms with Crippen LogP contribution in [0.3, 0.4) is 0 Å². The molecule has 0 saturated heterocycles. The van der Waals surface area contributed by atoms with Crippen molar-refractivity contribution < 1.29 is 0 Å². The second kappa shape index (κ2) is 6.09. The van der Waals surface area contributed by atoms with E-state index in [-0.39, 0.29) is 0 Å². The summed E-state index contributed by atoms with van der Waals surface area (Å²) in [6.07, 6.45) is 1.27. The highest BCUT2D eigenvalue weighted by molar-refractivity contribution is 5.80. The first-order valence-electron chi connectivity index (χ1n) is 6.22. The Morgan fingerprint density at radius 2 is 2.12 bits per heavy atom. The van der Waals surface area contributed by atoms with Gasteiger partial charge in [0.15, 0.2) is 5.96 Å². The van der Waals surface area contributed by atoms with Crippen LogP contribution in [0.5, 0.6) is 0 Å². The SMILES string of the molecule is CN=C(NCCN(C)C(C)C)NC1CC1C. The predicted octanol–water partition coefficient (Wildman–Crippen LogP) is 0.900. The topological polar surface area (TPSA) is 39.7 Å². The molecule has 1 saturated carbocycles. The molecule has 2 atom stereocenters. The Morgan fingerprint density at radius 3 is 2.56 bits per heavy atom. The molecule has 4 heteroatoms. The van der Waals surface area contributed by atoms with E-state index >= 15 is 0 Å². The maximum Gasteiger partial charge on any atom is 0.191 e. The van der Waals surface area contributed by atoms with Crippen molar-refractivity contribution in [3.05, 3.63) is 0 Å². The number of rotatable bonds is 5. The van der Waals surface area contributed by atoms with Crippen LogP contribution in [0.1, 0.15) is 27.2 Å².